The molecule has 0 aliphatic rings. The molecule has 2 N–H and O–H groups in total. The molecule has 3 aromatic rings. The molecule has 118 valence electrons. The second-order valence-corrected chi connectivity index (χ2v) is 5.71. The lowest BCUT2D eigenvalue weighted by atomic mass is 10.1. The third-order valence-corrected chi connectivity index (χ3v) is 3.89. The van der Waals surface area contributed by atoms with Crippen molar-refractivity contribution in [3.05, 3.63) is 59.5 Å². The highest BCUT2D eigenvalue weighted by atomic mass is 19.1. The molecule has 4 nitrogen and oxygen atoms in total. The van der Waals surface area contributed by atoms with Crippen molar-refractivity contribution < 1.29 is 9.18 Å². The first-order valence-electron chi connectivity index (χ1n) is 7.32. The van der Waals surface area contributed by atoms with Crippen LogP contribution in [0.5, 0.6) is 0 Å². The molecule has 1 heterocycles. The van der Waals surface area contributed by atoms with Crippen LogP contribution in [0.15, 0.2) is 42.5 Å². The molecule has 0 radical (unpaired) electrons. The van der Waals surface area contributed by atoms with E-state index in [1.54, 1.807) is 6.07 Å². The lowest BCUT2D eigenvalue weighted by Gasteiger charge is -2.13. The highest BCUT2D eigenvalue weighted by molar-refractivity contribution is 6.07. The van der Waals surface area contributed by atoms with Crippen LogP contribution in [0, 0.1) is 12.7 Å². The first kappa shape index (κ1) is 15.1. The number of nitrogens with zero attached hydrogens (tertiary/aromatic N) is 1. The smallest absolute Gasteiger partial charge is 0.272 e. The summed E-state index contributed by atoms with van der Waals surface area (Å²) in [6.45, 7) is 1.85. The van der Waals surface area contributed by atoms with Crippen LogP contribution in [0.25, 0.3) is 10.9 Å². The fourth-order valence-electron chi connectivity index (χ4n) is 2.57. The van der Waals surface area contributed by atoms with Gasteiger partial charge in [-0.1, -0.05) is 0 Å². The number of hydrogen-bond acceptors (Lipinski definition) is 2. The van der Waals surface area contributed by atoms with Crippen LogP contribution in [-0.4, -0.2) is 25.0 Å². The summed E-state index contributed by atoms with van der Waals surface area (Å²) in [7, 11) is 3.92. The standard InChI is InChI=1S/C18H18FN3O/c1-11-15-9-4-12(19)10-16(15)21-17(11)18(23)20-13-5-7-14(8-6-13)22(2)3/h4-10,21H,1-3H3,(H,20,23). The van der Waals surface area contributed by atoms with E-state index in [2.05, 4.69) is 10.3 Å². The van der Waals surface area contributed by atoms with Crippen molar-refractivity contribution in [2.45, 2.75) is 6.92 Å². The van der Waals surface area contributed by atoms with Crippen LogP contribution in [0.2, 0.25) is 0 Å². The van der Waals surface area contributed by atoms with Crippen molar-refractivity contribution in [2.24, 2.45) is 0 Å². The Bertz CT molecular complexity index is 866. The summed E-state index contributed by atoms with van der Waals surface area (Å²) in [5, 5.41) is 3.71. The molecule has 1 amide bonds. The monoisotopic (exact) mass is 311 g/mol. The van der Waals surface area contributed by atoms with Crippen molar-refractivity contribution in [1.82, 2.24) is 4.98 Å². The molecule has 0 bridgehead atoms. The topological polar surface area (TPSA) is 48.1 Å². The molecular formula is C18H18FN3O. The highest BCUT2D eigenvalue weighted by Gasteiger charge is 2.15. The summed E-state index contributed by atoms with van der Waals surface area (Å²) in [6.07, 6.45) is 0. The van der Waals surface area contributed by atoms with Crippen molar-refractivity contribution in [2.75, 3.05) is 24.3 Å². The average Bonchev–Trinajstić information content (AvgIpc) is 2.84. The molecule has 0 spiro atoms. The molecule has 0 aliphatic heterocycles. The van der Waals surface area contributed by atoms with Gasteiger partial charge in [0.05, 0.1) is 0 Å². The van der Waals surface area contributed by atoms with Crippen LogP contribution < -0.4 is 10.2 Å². The van der Waals surface area contributed by atoms with Crippen LogP contribution in [0.1, 0.15) is 16.1 Å². The summed E-state index contributed by atoms with van der Waals surface area (Å²) < 4.78 is 13.3. The van der Waals surface area contributed by atoms with Gasteiger partial charge < -0.3 is 15.2 Å². The molecule has 0 atom stereocenters. The summed E-state index contributed by atoms with van der Waals surface area (Å²) in [6, 6.07) is 12.0. The fourth-order valence-corrected chi connectivity index (χ4v) is 2.57. The van der Waals surface area contributed by atoms with Crippen LogP contribution in [0.3, 0.4) is 0 Å². The predicted octanol–water partition coefficient (Wildman–Crippen LogP) is 3.93. The van der Waals surface area contributed by atoms with Crippen molar-refractivity contribution in [3.8, 4) is 0 Å². The molecule has 2 aromatic carbocycles. The number of H-pyrrole nitrogens is 1. The second kappa shape index (κ2) is 5.76. The number of fused-ring (bicyclic) bond motifs is 1. The van der Waals surface area contributed by atoms with Gasteiger partial charge in [0.1, 0.15) is 11.5 Å². The van der Waals surface area contributed by atoms with Gasteiger partial charge in [0, 0.05) is 36.4 Å². The van der Waals surface area contributed by atoms with Gasteiger partial charge in [-0.15, -0.1) is 0 Å². The van der Waals surface area contributed by atoms with Crippen molar-refractivity contribution in [3.63, 3.8) is 0 Å². The van der Waals surface area contributed by atoms with Gasteiger partial charge in [-0.25, -0.2) is 4.39 Å². The van der Waals surface area contributed by atoms with Crippen LogP contribution in [-0.2, 0) is 0 Å². The Kier molecular flexibility index (Phi) is 3.78. The minimum Gasteiger partial charge on any atom is -0.378 e. The Balaban J connectivity index is 1.87. The van der Waals surface area contributed by atoms with E-state index in [-0.39, 0.29) is 11.7 Å². The number of aryl methyl sites for hydroxylation is 1. The number of halogens is 1. The maximum atomic E-state index is 13.3. The Morgan fingerprint density at radius 1 is 1.13 bits per heavy atom. The van der Waals surface area contributed by atoms with E-state index in [0.29, 0.717) is 16.9 Å². The number of rotatable bonds is 3. The van der Waals surface area contributed by atoms with Gasteiger partial charge in [0.25, 0.3) is 5.91 Å². The van der Waals surface area contributed by atoms with Gasteiger partial charge >= 0.3 is 0 Å². The van der Waals surface area contributed by atoms with Crippen molar-refractivity contribution in [1.29, 1.82) is 0 Å². The van der Waals surface area contributed by atoms with E-state index in [4.69, 9.17) is 0 Å². The molecular weight excluding hydrogens is 293 g/mol. The number of anilines is 2. The third kappa shape index (κ3) is 2.90. The van der Waals surface area contributed by atoms with E-state index in [1.807, 2.05) is 50.2 Å². The first-order valence-corrected chi connectivity index (χ1v) is 7.32. The first-order chi connectivity index (χ1) is 11.0. The van der Waals surface area contributed by atoms with E-state index < -0.39 is 0 Å². The predicted molar refractivity (Wildman–Crippen MR) is 91.7 cm³/mol. The Morgan fingerprint density at radius 3 is 2.48 bits per heavy atom. The van der Waals surface area contributed by atoms with Gasteiger partial charge in [-0.05, 0) is 55.0 Å². The summed E-state index contributed by atoms with van der Waals surface area (Å²) >= 11 is 0. The fraction of sp³-hybridized carbons (Fsp3) is 0.167. The largest absolute Gasteiger partial charge is 0.378 e. The van der Waals surface area contributed by atoms with E-state index in [1.165, 1.54) is 12.1 Å². The Labute approximate surface area is 133 Å². The van der Waals surface area contributed by atoms with E-state index >= 15 is 0 Å². The number of hydrogen-bond donors (Lipinski definition) is 2. The molecule has 3 rings (SSSR count). The maximum Gasteiger partial charge on any atom is 0.272 e. The van der Waals surface area contributed by atoms with Crippen LogP contribution >= 0.6 is 0 Å². The average molecular weight is 311 g/mol. The van der Waals surface area contributed by atoms with Gasteiger partial charge in [0.15, 0.2) is 0 Å². The van der Waals surface area contributed by atoms with Gasteiger partial charge in [-0.2, -0.15) is 0 Å². The Hall–Kier alpha value is -2.82. The molecule has 23 heavy (non-hydrogen) atoms. The van der Waals surface area contributed by atoms with Gasteiger partial charge in [0.2, 0.25) is 0 Å². The quantitative estimate of drug-likeness (QED) is 0.770. The summed E-state index contributed by atoms with van der Waals surface area (Å²) in [5.41, 5.74) is 3.64. The number of aromatic amines is 1. The van der Waals surface area contributed by atoms with E-state index in [0.717, 1.165) is 16.6 Å². The molecule has 0 aliphatic carbocycles. The molecule has 0 fully saturated rings. The SMILES string of the molecule is Cc1c(C(=O)Nc2ccc(N(C)C)cc2)[nH]c2cc(F)ccc12. The normalized spacial score (nSPS) is 10.8. The zero-order valence-corrected chi connectivity index (χ0v) is 13.3. The number of nitrogens with one attached hydrogen (secondary N) is 2. The zero-order valence-electron chi connectivity index (χ0n) is 13.3. The highest BCUT2D eigenvalue weighted by Crippen LogP contribution is 2.23. The minimum atomic E-state index is -0.329. The zero-order chi connectivity index (χ0) is 16.6. The minimum absolute atomic E-state index is 0.239. The lowest BCUT2D eigenvalue weighted by molar-refractivity contribution is 0.102. The molecule has 5 heteroatoms. The summed E-state index contributed by atoms with van der Waals surface area (Å²) in [4.78, 5) is 17.4. The second-order valence-electron chi connectivity index (χ2n) is 5.71. The molecule has 0 saturated carbocycles. The van der Waals surface area contributed by atoms with Gasteiger partial charge in [-0.3, -0.25) is 4.79 Å². The van der Waals surface area contributed by atoms with E-state index in [9.17, 15) is 9.18 Å². The molecule has 0 saturated heterocycles. The van der Waals surface area contributed by atoms with Crippen LogP contribution in [0.4, 0.5) is 15.8 Å². The third-order valence-electron chi connectivity index (χ3n) is 3.89. The number of amides is 1. The number of benzene rings is 2. The molecule has 1 aromatic heterocycles. The molecule has 0 unspecified atom stereocenters. The Morgan fingerprint density at radius 2 is 1.83 bits per heavy atom. The maximum absolute atomic E-state index is 13.3. The summed E-state index contributed by atoms with van der Waals surface area (Å²) in [5.74, 6) is -0.568. The number of aromatic nitrogens is 1. The lowest BCUT2D eigenvalue weighted by Crippen LogP contribution is -2.14. The number of carbonyl (C=O) groups excluding carboxylic acids is 1. The van der Waals surface area contributed by atoms with Crippen molar-refractivity contribution >= 4 is 28.2 Å². The number of carbonyl (C=O) groups is 1.